The molecule has 0 bridgehead atoms. The van der Waals surface area contributed by atoms with E-state index in [2.05, 4.69) is 9.71 Å². The Balaban J connectivity index is 1.92. The predicted molar refractivity (Wildman–Crippen MR) is 80.0 cm³/mol. The number of rotatable bonds is 6. The van der Waals surface area contributed by atoms with Crippen LogP contribution in [0, 0.1) is 0 Å². The number of sulfonamides is 1. The molecule has 0 radical (unpaired) electrons. The zero-order valence-corrected chi connectivity index (χ0v) is 12.9. The van der Waals surface area contributed by atoms with E-state index in [1.807, 2.05) is 0 Å². The van der Waals surface area contributed by atoms with Gasteiger partial charge in [0.05, 0.1) is 11.3 Å². The van der Waals surface area contributed by atoms with Crippen molar-refractivity contribution in [1.29, 1.82) is 0 Å². The summed E-state index contributed by atoms with van der Waals surface area (Å²) in [6.07, 6.45) is -3.29. The topological polar surface area (TPSA) is 59.1 Å². The zero-order valence-electron chi connectivity index (χ0n) is 12.0. The molecule has 124 valence electrons. The minimum Gasteiger partial charge on any atom is -0.261 e. The van der Waals surface area contributed by atoms with E-state index >= 15 is 0 Å². The number of hydrogen-bond acceptors (Lipinski definition) is 3. The van der Waals surface area contributed by atoms with E-state index in [1.165, 1.54) is 0 Å². The van der Waals surface area contributed by atoms with Crippen LogP contribution < -0.4 is 4.72 Å². The Labute approximate surface area is 132 Å². The summed E-state index contributed by atoms with van der Waals surface area (Å²) in [5.41, 5.74) is 0.0223. The Bertz CT molecular complexity index is 747. The van der Waals surface area contributed by atoms with E-state index in [1.54, 1.807) is 30.3 Å². The molecule has 1 aromatic carbocycles. The Hall–Kier alpha value is -1.93. The van der Waals surface area contributed by atoms with Gasteiger partial charge in [-0.3, -0.25) is 4.98 Å². The van der Waals surface area contributed by atoms with Crippen LogP contribution in [0.15, 0.2) is 48.7 Å². The minimum atomic E-state index is -4.44. The van der Waals surface area contributed by atoms with Crippen molar-refractivity contribution in [2.45, 2.75) is 18.3 Å². The highest BCUT2D eigenvalue weighted by Gasteiger charge is 2.30. The maximum atomic E-state index is 12.6. The predicted octanol–water partition coefficient (Wildman–Crippen LogP) is 2.76. The van der Waals surface area contributed by atoms with Crippen LogP contribution in [0.1, 0.15) is 16.8 Å². The molecule has 23 heavy (non-hydrogen) atoms. The molecule has 4 nitrogen and oxygen atoms in total. The van der Waals surface area contributed by atoms with Crippen molar-refractivity contribution in [2.24, 2.45) is 0 Å². The van der Waals surface area contributed by atoms with Crippen molar-refractivity contribution < 1.29 is 21.6 Å². The standard InChI is InChI=1S/C15H15F3N2O2S/c16-15(17,18)13-6-8-19-14(10-13)7-9-20-23(21,22)11-12-4-2-1-3-5-12/h1-6,8,10,20H,7,9,11H2. The maximum Gasteiger partial charge on any atom is 0.416 e. The van der Waals surface area contributed by atoms with Gasteiger partial charge in [-0.05, 0) is 17.7 Å². The Morgan fingerprint density at radius 3 is 2.43 bits per heavy atom. The normalized spacial score (nSPS) is 12.3. The van der Waals surface area contributed by atoms with E-state index in [0.29, 0.717) is 5.56 Å². The van der Waals surface area contributed by atoms with Crippen LogP contribution in [-0.2, 0) is 28.4 Å². The summed E-state index contributed by atoms with van der Waals surface area (Å²) >= 11 is 0. The first kappa shape index (κ1) is 17.4. The van der Waals surface area contributed by atoms with E-state index < -0.39 is 21.8 Å². The van der Waals surface area contributed by atoms with Gasteiger partial charge in [0.1, 0.15) is 0 Å². The number of alkyl halides is 3. The Morgan fingerprint density at radius 1 is 1.09 bits per heavy atom. The average molecular weight is 344 g/mol. The van der Waals surface area contributed by atoms with Crippen LogP contribution in [0.2, 0.25) is 0 Å². The minimum absolute atomic E-state index is 0.0104. The highest BCUT2D eigenvalue weighted by Crippen LogP contribution is 2.28. The third-order valence-corrected chi connectivity index (χ3v) is 4.40. The van der Waals surface area contributed by atoms with Crippen molar-refractivity contribution in [3.05, 3.63) is 65.5 Å². The molecule has 1 N–H and O–H groups in total. The van der Waals surface area contributed by atoms with Crippen molar-refractivity contribution in [2.75, 3.05) is 6.54 Å². The molecule has 1 aromatic heterocycles. The smallest absolute Gasteiger partial charge is 0.261 e. The quantitative estimate of drug-likeness (QED) is 0.877. The van der Waals surface area contributed by atoms with Crippen molar-refractivity contribution >= 4 is 10.0 Å². The molecule has 0 saturated heterocycles. The largest absolute Gasteiger partial charge is 0.416 e. The lowest BCUT2D eigenvalue weighted by atomic mass is 10.2. The van der Waals surface area contributed by atoms with Crippen LogP contribution in [0.5, 0.6) is 0 Å². The van der Waals surface area contributed by atoms with Crippen LogP contribution in [0.3, 0.4) is 0 Å². The third-order valence-electron chi connectivity index (χ3n) is 3.05. The van der Waals surface area contributed by atoms with Gasteiger partial charge < -0.3 is 0 Å². The van der Waals surface area contributed by atoms with Gasteiger partial charge in [-0.2, -0.15) is 13.2 Å². The molecule has 2 rings (SSSR count). The number of nitrogens with zero attached hydrogens (tertiary/aromatic N) is 1. The average Bonchev–Trinajstić information content (AvgIpc) is 2.47. The molecular formula is C15H15F3N2O2S. The highest BCUT2D eigenvalue weighted by molar-refractivity contribution is 7.88. The molecule has 0 saturated carbocycles. The van der Waals surface area contributed by atoms with E-state index in [9.17, 15) is 21.6 Å². The molecule has 1 heterocycles. The summed E-state index contributed by atoms with van der Waals surface area (Å²) in [5.74, 6) is -0.177. The van der Waals surface area contributed by atoms with Crippen molar-refractivity contribution in [1.82, 2.24) is 9.71 Å². The summed E-state index contributed by atoms with van der Waals surface area (Å²) in [6, 6.07) is 10.4. The lowest BCUT2D eigenvalue weighted by Gasteiger charge is -2.09. The fraction of sp³-hybridized carbons (Fsp3) is 0.267. The fourth-order valence-corrected chi connectivity index (χ4v) is 3.12. The molecular weight excluding hydrogens is 329 g/mol. The van der Waals surface area contributed by atoms with Crippen LogP contribution >= 0.6 is 0 Å². The summed E-state index contributed by atoms with van der Waals surface area (Å²) in [7, 11) is -3.54. The molecule has 0 aliphatic carbocycles. The number of halogens is 3. The number of nitrogens with one attached hydrogen (secondary N) is 1. The van der Waals surface area contributed by atoms with Gasteiger partial charge in [0.25, 0.3) is 0 Å². The first-order chi connectivity index (χ1) is 10.8. The second-order valence-corrected chi connectivity index (χ2v) is 6.73. The molecule has 0 atom stereocenters. The first-order valence-electron chi connectivity index (χ1n) is 6.80. The first-order valence-corrected chi connectivity index (χ1v) is 8.45. The molecule has 0 spiro atoms. The SMILES string of the molecule is O=S(=O)(Cc1ccccc1)NCCc1cc(C(F)(F)F)ccn1. The van der Waals surface area contributed by atoms with E-state index in [0.717, 1.165) is 18.3 Å². The summed E-state index contributed by atoms with van der Waals surface area (Å²) < 4.78 is 63.9. The number of benzene rings is 1. The van der Waals surface area contributed by atoms with Gasteiger partial charge in [-0.25, -0.2) is 13.1 Å². The maximum absolute atomic E-state index is 12.6. The van der Waals surface area contributed by atoms with E-state index in [4.69, 9.17) is 0 Å². The summed E-state index contributed by atoms with van der Waals surface area (Å²) in [5, 5.41) is 0. The number of pyridine rings is 1. The van der Waals surface area contributed by atoms with Crippen molar-refractivity contribution in [3.8, 4) is 0 Å². The molecule has 8 heteroatoms. The van der Waals surface area contributed by atoms with Crippen LogP contribution in [0.4, 0.5) is 13.2 Å². The Morgan fingerprint density at radius 2 is 1.78 bits per heavy atom. The van der Waals surface area contributed by atoms with Gasteiger partial charge in [0, 0.05) is 24.9 Å². The fourth-order valence-electron chi connectivity index (χ4n) is 1.97. The highest BCUT2D eigenvalue weighted by atomic mass is 32.2. The summed E-state index contributed by atoms with van der Waals surface area (Å²) in [6.45, 7) is -0.0104. The molecule has 2 aromatic rings. The van der Waals surface area contributed by atoms with E-state index in [-0.39, 0.29) is 24.4 Å². The van der Waals surface area contributed by atoms with Crippen molar-refractivity contribution in [3.63, 3.8) is 0 Å². The molecule has 0 amide bonds. The molecule has 0 fully saturated rings. The lowest BCUT2D eigenvalue weighted by Crippen LogP contribution is -2.27. The number of hydrogen-bond donors (Lipinski definition) is 1. The third kappa shape index (κ3) is 5.65. The van der Waals surface area contributed by atoms with Gasteiger partial charge >= 0.3 is 6.18 Å². The van der Waals surface area contributed by atoms with Gasteiger partial charge in [-0.15, -0.1) is 0 Å². The van der Waals surface area contributed by atoms with Gasteiger partial charge in [0.2, 0.25) is 10.0 Å². The second-order valence-electron chi connectivity index (χ2n) is 4.92. The van der Waals surface area contributed by atoms with Gasteiger partial charge in [0.15, 0.2) is 0 Å². The lowest BCUT2D eigenvalue weighted by molar-refractivity contribution is -0.137. The summed E-state index contributed by atoms with van der Waals surface area (Å²) in [4.78, 5) is 3.82. The van der Waals surface area contributed by atoms with Crippen LogP contribution in [0.25, 0.3) is 0 Å². The van der Waals surface area contributed by atoms with Crippen LogP contribution in [-0.4, -0.2) is 19.9 Å². The number of aromatic nitrogens is 1. The molecule has 0 aliphatic heterocycles. The van der Waals surface area contributed by atoms with Gasteiger partial charge in [-0.1, -0.05) is 30.3 Å². The zero-order chi connectivity index (χ0) is 16.9. The molecule has 0 aliphatic rings. The monoisotopic (exact) mass is 344 g/mol. The Kier molecular flexibility index (Phi) is 5.38. The second kappa shape index (κ2) is 7.10. The molecule has 0 unspecified atom stereocenters.